The third kappa shape index (κ3) is 4.79. The summed E-state index contributed by atoms with van der Waals surface area (Å²) in [5.74, 6) is 0.212. The molecule has 2 heterocycles. The zero-order chi connectivity index (χ0) is 18.5. The number of pyridine rings is 1. The van der Waals surface area contributed by atoms with Crippen LogP contribution in [0.5, 0.6) is 0 Å². The van der Waals surface area contributed by atoms with E-state index < -0.39 is 5.95 Å². The monoisotopic (exact) mass is 356 g/mol. The van der Waals surface area contributed by atoms with Gasteiger partial charge >= 0.3 is 0 Å². The summed E-state index contributed by atoms with van der Waals surface area (Å²) in [4.78, 5) is 20.4. The highest BCUT2D eigenvalue weighted by atomic mass is 19.1. The van der Waals surface area contributed by atoms with E-state index in [9.17, 15) is 9.18 Å². The summed E-state index contributed by atoms with van der Waals surface area (Å²) < 4.78 is 13.3. The molecule has 1 fully saturated rings. The van der Waals surface area contributed by atoms with Gasteiger partial charge in [0.15, 0.2) is 0 Å². The van der Waals surface area contributed by atoms with Gasteiger partial charge in [0.1, 0.15) is 5.82 Å². The number of anilines is 1. The molecule has 1 N–H and O–H groups in total. The number of hydrogen-bond acceptors (Lipinski definition) is 4. The Kier molecular flexibility index (Phi) is 5.83. The first-order valence-corrected chi connectivity index (χ1v) is 8.95. The number of aromatic nitrogens is 1. The van der Waals surface area contributed by atoms with E-state index >= 15 is 0 Å². The smallest absolute Gasteiger partial charge is 0.234 e. The van der Waals surface area contributed by atoms with Crippen LogP contribution in [0.1, 0.15) is 18.1 Å². The SMILES string of the molecule is Cc1ccc(CNC(=O)CN2CCN(c3cccc(F)n3)C(C)C2)cc1. The van der Waals surface area contributed by atoms with Gasteiger partial charge < -0.3 is 10.2 Å². The number of hydrogen-bond donors (Lipinski definition) is 1. The standard InChI is InChI=1S/C20H25FN4O/c1-15-6-8-17(9-7-15)12-22-20(26)14-24-10-11-25(16(2)13-24)19-5-3-4-18(21)23-19/h3-9,16H,10-14H2,1-2H3,(H,22,26). The second-order valence-corrected chi connectivity index (χ2v) is 6.86. The molecule has 138 valence electrons. The Hall–Kier alpha value is -2.47. The van der Waals surface area contributed by atoms with Crippen LogP contribution in [0.2, 0.25) is 0 Å². The van der Waals surface area contributed by atoms with Gasteiger partial charge in [-0.05, 0) is 31.5 Å². The molecule has 1 amide bonds. The topological polar surface area (TPSA) is 48.5 Å². The molecule has 1 aliphatic heterocycles. The molecule has 6 heteroatoms. The first-order chi connectivity index (χ1) is 12.5. The Labute approximate surface area is 153 Å². The average molecular weight is 356 g/mol. The molecular weight excluding hydrogens is 331 g/mol. The summed E-state index contributed by atoms with van der Waals surface area (Å²) in [6.07, 6.45) is 0. The molecule has 1 aliphatic rings. The van der Waals surface area contributed by atoms with Gasteiger partial charge in [-0.3, -0.25) is 9.69 Å². The van der Waals surface area contributed by atoms with Crippen molar-refractivity contribution in [3.05, 3.63) is 59.5 Å². The van der Waals surface area contributed by atoms with E-state index in [-0.39, 0.29) is 11.9 Å². The summed E-state index contributed by atoms with van der Waals surface area (Å²) >= 11 is 0. The van der Waals surface area contributed by atoms with Crippen LogP contribution in [0.3, 0.4) is 0 Å². The number of aryl methyl sites for hydroxylation is 1. The van der Waals surface area contributed by atoms with Crippen molar-refractivity contribution in [1.29, 1.82) is 0 Å². The Balaban J connectivity index is 1.48. The number of carbonyl (C=O) groups excluding carboxylic acids is 1. The normalized spacial score (nSPS) is 18.0. The van der Waals surface area contributed by atoms with Crippen molar-refractivity contribution in [1.82, 2.24) is 15.2 Å². The number of rotatable bonds is 5. The Bertz CT molecular complexity index is 750. The molecule has 26 heavy (non-hydrogen) atoms. The van der Waals surface area contributed by atoms with Crippen molar-refractivity contribution in [2.75, 3.05) is 31.1 Å². The fourth-order valence-electron chi connectivity index (χ4n) is 3.24. The highest BCUT2D eigenvalue weighted by Crippen LogP contribution is 2.18. The van der Waals surface area contributed by atoms with E-state index in [1.165, 1.54) is 11.6 Å². The van der Waals surface area contributed by atoms with Crippen molar-refractivity contribution in [3.63, 3.8) is 0 Å². The lowest BCUT2D eigenvalue weighted by molar-refractivity contribution is -0.122. The predicted molar refractivity (Wildman–Crippen MR) is 100 cm³/mol. The van der Waals surface area contributed by atoms with E-state index in [0.717, 1.165) is 25.2 Å². The lowest BCUT2D eigenvalue weighted by atomic mass is 10.1. The molecule has 1 aromatic heterocycles. The fourth-order valence-corrected chi connectivity index (χ4v) is 3.24. The van der Waals surface area contributed by atoms with Gasteiger partial charge in [0.05, 0.1) is 6.54 Å². The summed E-state index contributed by atoms with van der Waals surface area (Å²) in [6, 6.07) is 13.2. The maximum atomic E-state index is 13.3. The first kappa shape index (κ1) is 18.3. The van der Waals surface area contributed by atoms with Crippen molar-refractivity contribution >= 4 is 11.7 Å². The van der Waals surface area contributed by atoms with Crippen LogP contribution in [-0.4, -0.2) is 48.0 Å². The number of halogens is 1. The fraction of sp³-hybridized carbons (Fsp3) is 0.400. The number of benzene rings is 1. The summed E-state index contributed by atoms with van der Waals surface area (Å²) in [7, 11) is 0. The minimum atomic E-state index is -0.465. The van der Waals surface area contributed by atoms with Crippen LogP contribution >= 0.6 is 0 Å². The van der Waals surface area contributed by atoms with Gasteiger partial charge in [-0.25, -0.2) is 4.98 Å². The summed E-state index contributed by atoms with van der Waals surface area (Å²) in [6.45, 7) is 7.26. The molecule has 1 aromatic carbocycles. The molecule has 3 rings (SSSR count). The maximum Gasteiger partial charge on any atom is 0.234 e. The van der Waals surface area contributed by atoms with Crippen LogP contribution in [-0.2, 0) is 11.3 Å². The van der Waals surface area contributed by atoms with E-state index in [1.807, 2.05) is 37.3 Å². The Morgan fingerprint density at radius 1 is 1.23 bits per heavy atom. The largest absolute Gasteiger partial charge is 0.351 e. The van der Waals surface area contributed by atoms with Crippen LogP contribution < -0.4 is 10.2 Å². The van der Waals surface area contributed by atoms with Gasteiger partial charge in [-0.1, -0.05) is 35.9 Å². The van der Waals surface area contributed by atoms with Crippen molar-refractivity contribution < 1.29 is 9.18 Å². The number of carbonyl (C=O) groups is 1. The van der Waals surface area contributed by atoms with Crippen LogP contribution in [0.25, 0.3) is 0 Å². The molecule has 1 atom stereocenters. The first-order valence-electron chi connectivity index (χ1n) is 8.95. The highest BCUT2D eigenvalue weighted by Gasteiger charge is 2.25. The van der Waals surface area contributed by atoms with Gasteiger partial charge in [0.2, 0.25) is 11.9 Å². The van der Waals surface area contributed by atoms with Crippen LogP contribution in [0.4, 0.5) is 10.2 Å². The van der Waals surface area contributed by atoms with Crippen molar-refractivity contribution in [2.45, 2.75) is 26.4 Å². The molecule has 5 nitrogen and oxygen atoms in total. The zero-order valence-corrected chi connectivity index (χ0v) is 15.3. The number of amides is 1. The molecular formula is C20H25FN4O. The number of piperazine rings is 1. The molecule has 2 aromatic rings. The molecule has 0 saturated carbocycles. The third-order valence-corrected chi connectivity index (χ3v) is 4.68. The summed E-state index contributed by atoms with van der Waals surface area (Å²) in [5.41, 5.74) is 2.30. The lowest BCUT2D eigenvalue weighted by Gasteiger charge is -2.40. The molecule has 0 bridgehead atoms. The van der Waals surface area contributed by atoms with E-state index in [0.29, 0.717) is 18.9 Å². The predicted octanol–water partition coefficient (Wildman–Crippen LogP) is 2.36. The van der Waals surface area contributed by atoms with E-state index in [4.69, 9.17) is 0 Å². The maximum absolute atomic E-state index is 13.3. The lowest BCUT2D eigenvalue weighted by Crippen LogP contribution is -2.54. The van der Waals surface area contributed by atoms with Crippen molar-refractivity contribution in [2.24, 2.45) is 0 Å². The second kappa shape index (κ2) is 8.27. The quantitative estimate of drug-likeness (QED) is 0.836. The number of nitrogens with one attached hydrogen (secondary N) is 1. The van der Waals surface area contributed by atoms with Crippen molar-refractivity contribution in [3.8, 4) is 0 Å². The van der Waals surface area contributed by atoms with Gasteiger partial charge in [-0.2, -0.15) is 4.39 Å². The van der Waals surface area contributed by atoms with Gasteiger partial charge in [-0.15, -0.1) is 0 Å². The Morgan fingerprint density at radius 2 is 2.00 bits per heavy atom. The molecule has 0 radical (unpaired) electrons. The average Bonchev–Trinajstić information content (AvgIpc) is 2.61. The minimum absolute atomic E-state index is 0.0232. The van der Waals surface area contributed by atoms with Gasteiger partial charge in [0.25, 0.3) is 0 Å². The third-order valence-electron chi connectivity index (χ3n) is 4.68. The van der Waals surface area contributed by atoms with E-state index in [2.05, 4.69) is 27.0 Å². The number of nitrogens with zero attached hydrogens (tertiary/aromatic N) is 3. The minimum Gasteiger partial charge on any atom is -0.351 e. The van der Waals surface area contributed by atoms with Crippen LogP contribution in [0.15, 0.2) is 42.5 Å². The Morgan fingerprint density at radius 3 is 2.69 bits per heavy atom. The highest BCUT2D eigenvalue weighted by molar-refractivity contribution is 5.78. The van der Waals surface area contributed by atoms with Crippen LogP contribution in [0, 0.1) is 12.9 Å². The molecule has 0 aliphatic carbocycles. The second-order valence-electron chi connectivity index (χ2n) is 6.86. The molecule has 0 spiro atoms. The van der Waals surface area contributed by atoms with E-state index in [1.54, 1.807) is 6.07 Å². The zero-order valence-electron chi connectivity index (χ0n) is 15.3. The van der Waals surface area contributed by atoms with Gasteiger partial charge in [0, 0.05) is 32.2 Å². The summed E-state index contributed by atoms with van der Waals surface area (Å²) in [5, 5.41) is 2.97. The molecule has 1 saturated heterocycles. The molecule has 1 unspecified atom stereocenters.